The van der Waals surface area contributed by atoms with Gasteiger partial charge < -0.3 is 5.32 Å². The molecule has 1 fully saturated rings. The summed E-state index contributed by atoms with van der Waals surface area (Å²) in [6.45, 7) is 1.30. The maximum absolute atomic E-state index is 12.9. The van der Waals surface area contributed by atoms with E-state index in [0.29, 0.717) is 31.0 Å². The van der Waals surface area contributed by atoms with Crippen molar-refractivity contribution in [3.63, 3.8) is 0 Å². The number of nitro groups is 1. The van der Waals surface area contributed by atoms with Gasteiger partial charge in [0.15, 0.2) is 0 Å². The lowest BCUT2D eigenvalue weighted by Gasteiger charge is -2.34. The Hall–Kier alpha value is -1.59. The summed E-state index contributed by atoms with van der Waals surface area (Å²) in [5, 5.41) is 13.8. The molecular formula is C13H15ClN4O4S2. The van der Waals surface area contributed by atoms with Crippen LogP contribution in [-0.2, 0) is 10.0 Å². The third-order valence-electron chi connectivity index (χ3n) is 3.57. The summed E-state index contributed by atoms with van der Waals surface area (Å²) in [4.78, 5) is 14.2. The van der Waals surface area contributed by atoms with Gasteiger partial charge in [-0.2, -0.15) is 4.31 Å². The van der Waals surface area contributed by atoms with Gasteiger partial charge in [-0.15, -0.1) is 12.4 Å². The smallest absolute Gasteiger partial charge is 0.313 e. The van der Waals surface area contributed by atoms with E-state index in [1.165, 1.54) is 16.4 Å². The first-order valence-corrected chi connectivity index (χ1v) is 9.12. The zero-order valence-electron chi connectivity index (χ0n) is 12.4. The fourth-order valence-corrected chi connectivity index (χ4v) is 5.34. The molecule has 11 heteroatoms. The molecule has 0 aromatic carbocycles. The molecule has 1 aliphatic heterocycles. The predicted molar refractivity (Wildman–Crippen MR) is 92.0 cm³/mol. The quantitative estimate of drug-likeness (QED) is 0.630. The highest BCUT2D eigenvalue weighted by Gasteiger charge is 2.36. The average Bonchev–Trinajstić information content (AvgIpc) is 3.07. The maximum atomic E-state index is 12.9. The van der Waals surface area contributed by atoms with Crippen LogP contribution in [0.5, 0.6) is 0 Å². The van der Waals surface area contributed by atoms with E-state index in [0.717, 1.165) is 5.56 Å². The Bertz CT molecular complexity index is 812. The molecule has 24 heavy (non-hydrogen) atoms. The Morgan fingerprint density at radius 2 is 2.17 bits per heavy atom. The number of hydrogen-bond donors (Lipinski definition) is 1. The molecule has 0 saturated carbocycles. The monoisotopic (exact) mass is 390 g/mol. The first-order chi connectivity index (χ1) is 11.0. The van der Waals surface area contributed by atoms with Crippen LogP contribution >= 0.6 is 23.7 Å². The van der Waals surface area contributed by atoms with Crippen molar-refractivity contribution in [2.75, 3.05) is 19.6 Å². The summed E-state index contributed by atoms with van der Waals surface area (Å²) >= 11 is 0.674. The molecule has 3 rings (SSSR count). The van der Waals surface area contributed by atoms with Crippen molar-refractivity contribution >= 4 is 38.8 Å². The Labute approximate surface area is 149 Å². The average molecular weight is 391 g/mol. The van der Waals surface area contributed by atoms with E-state index in [1.807, 2.05) is 6.07 Å². The summed E-state index contributed by atoms with van der Waals surface area (Å²) in [6.07, 6.45) is 3.26. The molecule has 2 aromatic rings. The topological polar surface area (TPSA) is 105 Å². The Balaban J connectivity index is 0.00000208. The number of sulfonamides is 1. The summed E-state index contributed by atoms with van der Waals surface area (Å²) < 4.78 is 27.1. The predicted octanol–water partition coefficient (Wildman–Crippen LogP) is 1.81. The van der Waals surface area contributed by atoms with Gasteiger partial charge in [-0.05, 0) is 29.0 Å². The number of aromatic nitrogens is 1. The van der Waals surface area contributed by atoms with Gasteiger partial charge >= 0.3 is 5.00 Å². The standard InChI is InChI=1S/C13H14N4O4S2.ClH/c18-17(19)12-3-4-13(22-12)23(20,21)16-7-6-15-9-11(16)10-2-1-5-14-8-10;/h1-5,8,11,15H,6-7,9H2;1H. The van der Waals surface area contributed by atoms with Gasteiger partial charge in [0.05, 0.1) is 11.0 Å². The normalized spacial score (nSPS) is 18.8. The van der Waals surface area contributed by atoms with E-state index in [-0.39, 0.29) is 27.7 Å². The minimum absolute atomic E-state index is 0. The van der Waals surface area contributed by atoms with Crippen molar-refractivity contribution in [2.45, 2.75) is 10.3 Å². The summed E-state index contributed by atoms with van der Waals surface area (Å²) in [5.74, 6) is 0. The molecule has 1 atom stereocenters. The van der Waals surface area contributed by atoms with Gasteiger partial charge in [0.1, 0.15) is 4.21 Å². The lowest BCUT2D eigenvalue weighted by atomic mass is 10.1. The van der Waals surface area contributed by atoms with Crippen LogP contribution in [0, 0.1) is 10.1 Å². The van der Waals surface area contributed by atoms with Crippen LogP contribution in [0.25, 0.3) is 0 Å². The first kappa shape index (κ1) is 18.7. The zero-order valence-corrected chi connectivity index (χ0v) is 14.8. The highest BCUT2D eigenvalue weighted by molar-refractivity contribution is 7.91. The van der Waals surface area contributed by atoms with E-state index in [4.69, 9.17) is 0 Å². The second kappa shape index (κ2) is 7.53. The fraction of sp³-hybridized carbons (Fsp3) is 0.308. The lowest BCUT2D eigenvalue weighted by molar-refractivity contribution is -0.380. The minimum Gasteiger partial charge on any atom is -0.313 e. The van der Waals surface area contributed by atoms with E-state index < -0.39 is 14.9 Å². The summed E-state index contributed by atoms with van der Waals surface area (Å²) in [5.41, 5.74) is 0.786. The second-order valence-corrected chi connectivity index (χ2v) is 8.15. The Morgan fingerprint density at radius 1 is 1.38 bits per heavy atom. The first-order valence-electron chi connectivity index (χ1n) is 6.87. The number of rotatable bonds is 4. The summed E-state index contributed by atoms with van der Waals surface area (Å²) in [6, 6.07) is 5.71. The Kier molecular flexibility index (Phi) is 5.88. The van der Waals surface area contributed by atoms with E-state index in [9.17, 15) is 18.5 Å². The van der Waals surface area contributed by atoms with Crippen LogP contribution in [0.1, 0.15) is 11.6 Å². The number of thiophene rings is 1. The van der Waals surface area contributed by atoms with Crippen LogP contribution in [0.2, 0.25) is 0 Å². The lowest BCUT2D eigenvalue weighted by Crippen LogP contribution is -2.48. The van der Waals surface area contributed by atoms with Gasteiger partial charge in [-0.25, -0.2) is 8.42 Å². The number of nitrogens with zero attached hydrogens (tertiary/aromatic N) is 3. The molecule has 0 bridgehead atoms. The molecule has 0 amide bonds. The molecule has 0 aliphatic carbocycles. The molecule has 3 heterocycles. The van der Waals surface area contributed by atoms with Gasteiger partial charge in [0.25, 0.3) is 10.0 Å². The molecule has 1 saturated heterocycles. The third-order valence-corrected chi connectivity index (χ3v) is 6.99. The fourth-order valence-electron chi connectivity index (χ4n) is 2.49. The molecule has 130 valence electrons. The number of halogens is 1. The van der Waals surface area contributed by atoms with Crippen LogP contribution in [0.3, 0.4) is 0 Å². The number of piperazine rings is 1. The number of pyridine rings is 1. The number of nitrogens with one attached hydrogen (secondary N) is 1. The van der Waals surface area contributed by atoms with Gasteiger partial charge in [-0.1, -0.05) is 6.07 Å². The highest BCUT2D eigenvalue weighted by atomic mass is 35.5. The SMILES string of the molecule is Cl.O=[N+]([O-])c1ccc(S(=O)(=O)N2CCNCC2c2cccnc2)s1. The molecule has 1 aliphatic rings. The molecule has 0 radical (unpaired) electrons. The molecule has 2 aromatic heterocycles. The van der Waals surface area contributed by atoms with E-state index >= 15 is 0 Å². The van der Waals surface area contributed by atoms with Crippen LogP contribution in [0.15, 0.2) is 40.9 Å². The largest absolute Gasteiger partial charge is 0.325 e. The second-order valence-electron chi connectivity index (χ2n) is 4.97. The van der Waals surface area contributed by atoms with Crippen molar-refractivity contribution in [1.29, 1.82) is 0 Å². The van der Waals surface area contributed by atoms with Gasteiger partial charge in [0, 0.05) is 38.1 Å². The third kappa shape index (κ3) is 3.57. The van der Waals surface area contributed by atoms with Crippen molar-refractivity contribution in [3.05, 3.63) is 52.3 Å². The molecule has 0 spiro atoms. The van der Waals surface area contributed by atoms with Crippen molar-refractivity contribution in [2.24, 2.45) is 0 Å². The molecule has 1 N–H and O–H groups in total. The zero-order chi connectivity index (χ0) is 16.4. The molecular weight excluding hydrogens is 376 g/mol. The van der Waals surface area contributed by atoms with Crippen molar-refractivity contribution < 1.29 is 13.3 Å². The minimum atomic E-state index is -3.79. The number of hydrogen-bond acceptors (Lipinski definition) is 7. The van der Waals surface area contributed by atoms with Crippen LogP contribution in [0.4, 0.5) is 5.00 Å². The van der Waals surface area contributed by atoms with E-state index in [2.05, 4.69) is 10.3 Å². The van der Waals surface area contributed by atoms with Gasteiger partial charge in [0.2, 0.25) is 0 Å². The Morgan fingerprint density at radius 3 is 2.79 bits per heavy atom. The van der Waals surface area contributed by atoms with Crippen molar-refractivity contribution in [1.82, 2.24) is 14.6 Å². The van der Waals surface area contributed by atoms with Crippen LogP contribution < -0.4 is 5.32 Å². The molecule has 1 unspecified atom stereocenters. The van der Waals surface area contributed by atoms with Crippen LogP contribution in [-0.4, -0.2) is 42.3 Å². The highest BCUT2D eigenvalue weighted by Crippen LogP contribution is 2.34. The summed E-state index contributed by atoms with van der Waals surface area (Å²) in [7, 11) is -3.79. The maximum Gasteiger partial charge on any atom is 0.325 e. The van der Waals surface area contributed by atoms with Crippen molar-refractivity contribution in [3.8, 4) is 0 Å². The van der Waals surface area contributed by atoms with Gasteiger partial charge in [-0.3, -0.25) is 15.1 Å². The van der Waals surface area contributed by atoms with E-state index in [1.54, 1.807) is 18.5 Å². The molecule has 8 nitrogen and oxygen atoms in total.